The summed E-state index contributed by atoms with van der Waals surface area (Å²) in [5.74, 6) is 1.14. The van der Waals surface area contributed by atoms with Crippen LogP contribution in [-0.4, -0.2) is 22.6 Å². The topological polar surface area (TPSA) is 29.9 Å². The van der Waals surface area contributed by atoms with E-state index in [1.807, 2.05) is 6.20 Å². The third kappa shape index (κ3) is 1.69. The Morgan fingerprint density at radius 2 is 2.21 bits per heavy atom. The highest BCUT2D eigenvalue weighted by Gasteiger charge is 2.25. The molecule has 2 rings (SSSR count). The average molecular weight is 193 g/mol. The molecule has 3 heteroatoms. The number of rotatable bonds is 2. The van der Waals surface area contributed by atoms with Gasteiger partial charge in [-0.3, -0.25) is 0 Å². The van der Waals surface area contributed by atoms with Crippen LogP contribution in [0.1, 0.15) is 37.5 Å². The molecule has 1 fully saturated rings. The highest BCUT2D eigenvalue weighted by molar-refractivity contribution is 4.96. The monoisotopic (exact) mass is 193 g/mol. The lowest BCUT2D eigenvalue weighted by molar-refractivity contribution is 0.271. The Bertz CT molecular complexity index is 292. The van der Waals surface area contributed by atoms with Crippen molar-refractivity contribution in [3.8, 4) is 0 Å². The number of hydrogen-bond donors (Lipinski definition) is 1. The maximum absolute atomic E-state index is 4.30. The number of hydrogen-bond acceptors (Lipinski definition) is 2. The van der Waals surface area contributed by atoms with Gasteiger partial charge in [-0.2, -0.15) is 0 Å². The zero-order valence-corrected chi connectivity index (χ0v) is 9.03. The molecule has 0 aliphatic heterocycles. The molecule has 78 valence electrons. The summed E-state index contributed by atoms with van der Waals surface area (Å²) in [6, 6.07) is 1.23. The Labute approximate surface area is 85.5 Å². The number of aryl methyl sites for hydroxylation is 1. The summed E-state index contributed by atoms with van der Waals surface area (Å²) >= 11 is 0. The third-order valence-electron chi connectivity index (χ3n) is 3.32. The number of nitrogens with one attached hydrogen (secondary N) is 1. The fraction of sp³-hybridized carbons (Fsp3) is 0.727. The van der Waals surface area contributed by atoms with Crippen LogP contribution < -0.4 is 5.32 Å². The van der Waals surface area contributed by atoms with Crippen molar-refractivity contribution in [3.63, 3.8) is 0 Å². The van der Waals surface area contributed by atoms with E-state index < -0.39 is 0 Å². The Balaban J connectivity index is 2.19. The summed E-state index contributed by atoms with van der Waals surface area (Å²) in [7, 11) is 2.06. The third-order valence-corrected chi connectivity index (χ3v) is 3.32. The molecular formula is C11H19N3. The fourth-order valence-electron chi connectivity index (χ4n) is 2.52. The van der Waals surface area contributed by atoms with E-state index in [9.17, 15) is 0 Å². The molecule has 0 amide bonds. The zero-order chi connectivity index (χ0) is 9.97. The van der Waals surface area contributed by atoms with Crippen molar-refractivity contribution in [1.82, 2.24) is 14.9 Å². The summed E-state index contributed by atoms with van der Waals surface area (Å²) in [5.41, 5.74) is 0. The molecule has 1 aromatic heterocycles. The van der Waals surface area contributed by atoms with Crippen molar-refractivity contribution in [1.29, 1.82) is 0 Å². The van der Waals surface area contributed by atoms with E-state index in [-0.39, 0.29) is 0 Å². The first-order chi connectivity index (χ1) is 6.83. The summed E-state index contributed by atoms with van der Waals surface area (Å²) < 4.78 is 2.32. The van der Waals surface area contributed by atoms with Crippen molar-refractivity contribution in [3.05, 3.63) is 18.2 Å². The first-order valence-electron chi connectivity index (χ1n) is 5.49. The molecule has 1 saturated carbocycles. The second-order valence-electron chi connectivity index (χ2n) is 4.13. The Morgan fingerprint density at radius 3 is 2.86 bits per heavy atom. The number of nitrogens with zero attached hydrogens (tertiary/aromatic N) is 2. The number of aromatic nitrogens is 2. The van der Waals surface area contributed by atoms with Crippen LogP contribution in [0.3, 0.4) is 0 Å². The van der Waals surface area contributed by atoms with Crippen molar-refractivity contribution in [2.24, 2.45) is 0 Å². The molecule has 3 nitrogen and oxygen atoms in total. The van der Waals surface area contributed by atoms with E-state index in [2.05, 4.69) is 35.0 Å². The molecule has 2 unspecified atom stereocenters. The van der Waals surface area contributed by atoms with Crippen LogP contribution in [0.15, 0.2) is 12.4 Å². The van der Waals surface area contributed by atoms with Crippen LogP contribution in [-0.2, 0) is 0 Å². The SMILES string of the molecule is CNC1CCCCC1n1ccnc1C. The van der Waals surface area contributed by atoms with E-state index in [1.54, 1.807) is 0 Å². The van der Waals surface area contributed by atoms with E-state index in [0.717, 1.165) is 5.82 Å². The molecule has 0 radical (unpaired) electrons. The molecule has 2 atom stereocenters. The summed E-state index contributed by atoms with van der Waals surface area (Å²) in [4.78, 5) is 4.30. The highest BCUT2D eigenvalue weighted by atomic mass is 15.1. The predicted molar refractivity (Wildman–Crippen MR) is 57.3 cm³/mol. The lowest BCUT2D eigenvalue weighted by Gasteiger charge is -2.32. The van der Waals surface area contributed by atoms with Crippen molar-refractivity contribution in [2.75, 3.05) is 7.05 Å². The van der Waals surface area contributed by atoms with Gasteiger partial charge >= 0.3 is 0 Å². The molecule has 14 heavy (non-hydrogen) atoms. The molecule has 1 aromatic rings. The predicted octanol–water partition coefficient (Wildman–Crippen LogP) is 1.89. The molecule has 0 bridgehead atoms. The Morgan fingerprint density at radius 1 is 1.43 bits per heavy atom. The summed E-state index contributed by atoms with van der Waals surface area (Å²) in [6.45, 7) is 2.08. The lowest BCUT2D eigenvalue weighted by atomic mass is 9.90. The molecule has 0 spiro atoms. The van der Waals surface area contributed by atoms with E-state index in [1.165, 1.54) is 25.7 Å². The van der Waals surface area contributed by atoms with Crippen LogP contribution >= 0.6 is 0 Å². The second kappa shape index (κ2) is 4.13. The number of imidazole rings is 1. The largest absolute Gasteiger partial charge is 0.331 e. The van der Waals surface area contributed by atoms with Gasteiger partial charge in [-0.1, -0.05) is 12.8 Å². The van der Waals surface area contributed by atoms with Crippen LogP contribution in [0.4, 0.5) is 0 Å². The van der Waals surface area contributed by atoms with Crippen molar-refractivity contribution in [2.45, 2.75) is 44.7 Å². The maximum Gasteiger partial charge on any atom is 0.105 e. The molecule has 1 N–H and O–H groups in total. The quantitative estimate of drug-likeness (QED) is 0.777. The maximum atomic E-state index is 4.30. The first kappa shape index (κ1) is 9.71. The molecule has 0 aromatic carbocycles. The fourth-order valence-corrected chi connectivity index (χ4v) is 2.52. The minimum absolute atomic E-state index is 0.608. The van der Waals surface area contributed by atoms with Crippen LogP contribution in [0.25, 0.3) is 0 Å². The van der Waals surface area contributed by atoms with Gasteiger partial charge in [0.25, 0.3) is 0 Å². The smallest absolute Gasteiger partial charge is 0.105 e. The van der Waals surface area contributed by atoms with Gasteiger partial charge in [-0.15, -0.1) is 0 Å². The molecule has 0 saturated heterocycles. The van der Waals surface area contributed by atoms with Gasteiger partial charge in [0.05, 0.1) is 6.04 Å². The van der Waals surface area contributed by atoms with Gasteiger partial charge in [0.1, 0.15) is 5.82 Å². The standard InChI is InChI=1S/C11H19N3/c1-9-13-7-8-14(9)11-6-4-3-5-10(11)12-2/h7-8,10-12H,3-6H2,1-2H3. The van der Waals surface area contributed by atoms with Gasteiger partial charge in [0, 0.05) is 18.4 Å². The van der Waals surface area contributed by atoms with Gasteiger partial charge in [-0.25, -0.2) is 4.98 Å². The molecule has 1 aliphatic carbocycles. The Kier molecular flexibility index (Phi) is 2.87. The van der Waals surface area contributed by atoms with Gasteiger partial charge in [0.2, 0.25) is 0 Å². The van der Waals surface area contributed by atoms with Crippen LogP contribution in [0.5, 0.6) is 0 Å². The van der Waals surface area contributed by atoms with E-state index in [4.69, 9.17) is 0 Å². The highest BCUT2D eigenvalue weighted by Crippen LogP contribution is 2.29. The number of likely N-dealkylation sites (N-methyl/N-ethyl adjacent to an activating group) is 1. The minimum atomic E-state index is 0.608. The van der Waals surface area contributed by atoms with Crippen molar-refractivity contribution >= 4 is 0 Å². The van der Waals surface area contributed by atoms with E-state index >= 15 is 0 Å². The van der Waals surface area contributed by atoms with E-state index in [0.29, 0.717) is 12.1 Å². The second-order valence-corrected chi connectivity index (χ2v) is 4.13. The molecular weight excluding hydrogens is 174 g/mol. The van der Waals surface area contributed by atoms with Crippen molar-refractivity contribution < 1.29 is 0 Å². The van der Waals surface area contributed by atoms with Gasteiger partial charge in [-0.05, 0) is 26.8 Å². The molecule has 1 heterocycles. The first-order valence-corrected chi connectivity index (χ1v) is 5.49. The minimum Gasteiger partial charge on any atom is -0.331 e. The van der Waals surface area contributed by atoms with Crippen LogP contribution in [0, 0.1) is 6.92 Å². The van der Waals surface area contributed by atoms with Gasteiger partial charge in [0.15, 0.2) is 0 Å². The summed E-state index contributed by atoms with van der Waals surface area (Å²) in [5, 5.41) is 3.42. The normalized spacial score (nSPS) is 27.9. The summed E-state index contributed by atoms with van der Waals surface area (Å²) in [6.07, 6.45) is 9.28. The zero-order valence-electron chi connectivity index (χ0n) is 9.03. The van der Waals surface area contributed by atoms with Crippen LogP contribution in [0.2, 0.25) is 0 Å². The molecule has 1 aliphatic rings. The van der Waals surface area contributed by atoms with Gasteiger partial charge < -0.3 is 9.88 Å². The Hall–Kier alpha value is -0.830. The average Bonchev–Trinajstić information content (AvgIpc) is 2.64. The lowest BCUT2D eigenvalue weighted by Crippen LogP contribution is -2.37.